The second-order valence-corrected chi connectivity index (χ2v) is 7.40. The fraction of sp³-hybridized carbons (Fsp3) is 0.0800. The van der Waals surface area contributed by atoms with Crippen LogP contribution in [0.5, 0.6) is 5.75 Å². The molecule has 0 spiro atoms. The Hall–Kier alpha value is -4.46. The highest BCUT2D eigenvalue weighted by Crippen LogP contribution is 2.31. The molecule has 0 atom stereocenters. The van der Waals surface area contributed by atoms with Crippen LogP contribution in [0.25, 0.3) is 28.1 Å². The first-order chi connectivity index (χ1) is 16.1. The van der Waals surface area contributed by atoms with Gasteiger partial charge in [0.1, 0.15) is 22.9 Å². The van der Waals surface area contributed by atoms with E-state index in [4.69, 9.17) is 20.4 Å². The van der Waals surface area contributed by atoms with Gasteiger partial charge in [0, 0.05) is 23.7 Å². The molecule has 5 aromatic rings. The van der Waals surface area contributed by atoms with Gasteiger partial charge in [-0.2, -0.15) is 4.98 Å². The maximum atomic E-state index is 14.3. The number of anilines is 2. The molecule has 0 saturated heterocycles. The zero-order chi connectivity index (χ0) is 22.8. The molecule has 0 bridgehead atoms. The Balaban J connectivity index is 1.62. The molecule has 33 heavy (non-hydrogen) atoms. The molecule has 0 radical (unpaired) electrons. The Labute approximate surface area is 189 Å². The maximum Gasteiger partial charge on any atom is 0.239 e. The van der Waals surface area contributed by atoms with Crippen molar-refractivity contribution in [2.45, 2.75) is 6.54 Å². The summed E-state index contributed by atoms with van der Waals surface area (Å²) in [7, 11) is 1.59. The molecule has 8 heteroatoms. The van der Waals surface area contributed by atoms with Gasteiger partial charge in [-0.1, -0.05) is 48.5 Å². The van der Waals surface area contributed by atoms with Crippen molar-refractivity contribution in [3.63, 3.8) is 0 Å². The number of nitrogens with one attached hydrogen (secondary N) is 1. The first-order valence-corrected chi connectivity index (χ1v) is 10.4. The zero-order valence-corrected chi connectivity index (χ0v) is 17.9. The average Bonchev–Trinajstić information content (AvgIpc) is 3.24. The Kier molecular flexibility index (Phi) is 5.32. The molecule has 2 aromatic heterocycles. The fourth-order valence-electron chi connectivity index (χ4n) is 3.66. The molecule has 0 unspecified atom stereocenters. The van der Waals surface area contributed by atoms with Crippen LogP contribution < -0.4 is 15.8 Å². The van der Waals surface area contributed by atoms with Gasteiger partial charge in [0.05, 0.1) is 12.8 Å². The third kappa shape index (κ3) is 3.94. The van der Waals surface area contributed by atoms with Gasteiger partial charge < -0.3 is 15.8 Å². The van der Waals surface area contributed by atoms with Crippen molar-refractivity contribution in [2.24, 2.45) is 0 Å². The predicted octanol–water partition coefficient (Wildman–Crippen LogP) is 4.82. The number of nitrogens with two attached hydrogens (primary N) is 1. The van der Waals surface area contributed by atoms with E-state index in [1.807, 2.05) is 48.5 Å². The minimum absolute atomic E-state index is 0.150. The molecular formula is C25H21FN6O. The lowest BCUT2D eigenvalue weighted by Gasteiger charge is -2.13. The molecule has 0 amide bonds. The number of nitrogen functional groups attached to an aromatic ring is 1. The van der Waals surface area contributed by atoms with E-state index in [0.717, 1.165) is 10.9 Å². The van der Waals surface area contributed by atoms with E-state index in [-0.39, 0.29) is 11.8 Å². The summed E-state index contributed by atoms with van der Waals surface area (Å²) in [5.41, 5.74) is 8.67. The molecule has 3 aromatic carbocycles. The second kappa shape index (κ2) is 8.58. The van der Waals surface area contributed by atoms with Crippen LogP contribution in [0.2, 0.25) is 0 Å². The Morgan fingerprint density at radius 3 is 2.52 bits per heavy atom. The zero-order valence-electron chi connectivity index (χ0n) is 17.9. The van der Waals surface area contributed by atoms with Crippen molar-refractivity contribution < 1.29 is 9.13 Å². The summed E-state index contributed by atoms with van der Waals surface area (Å²) in [6.45, 7) is 0.573. The van der Waals surface area contributed by atoms with Crippen molar-refractivity contribution in [2.75, 3.05) is 18.2 Å². The molecule has 164 valence electrons. The Morgan fingerprint density at radius 1 is 0.939 bits per heavy atom. The van der Waals surface area contributed by atoms with Gasteiger partial charge in [-0.25, -0.2) is 14.4 Å². The number of fused-ring (bicyclic) bond motifs is 1. The van der Waals surface area contributed by atoms with Crippen LogP contribution in [-0.4, -0.2) is 26.6 Å². The van der Waals surface area contributed by atoms with Crippen LogP contribution in [0.1, 0.15) is 5.56 Å². The minimum atomic E-state index is -0.381. The summed E-state index contributed by atoms with van der Waals surface area (Å²) in [6.07, 6.45) is 1.63. The highest BCUT2D eigenvalue weighted by Gasteiger charge is 2.17. The third-order valence-electron chi connectivity index (χ3n) is 5.30. The van der Waals surface area contributed by atoms with E-state index in [1.54, 1.807) is 36.1 Å². The number of halogens is 1. The standard InChI is InChI=1S/C25H21FN6O/c1-33-21-13-7-11-18-22(21)30-25(31-23(18)28-14-16-8-3-2-4-9-16)32-15-20(29-24(32)27)17-10-5-6-12-19(17)26/h2-13,15H,14H2,1H3,(H2,27,29)(H,28,30,31). The molecule has 0 aliphatic carbocycles. The van der Waals surface area contributed by atoms with E-state index >= 15 is 0 Å². The van der Waals surface area contributed by atoms with Gasteiger partial charge in [-0.05, 0) is 29.8 Å². The summed E-state index contributed by atoms with van der Waals surface area (Å²) >= 11 is 0. The van der Waals surface area contributed by atoms with Crippen LogP contribution in [0, 0.1) is 5.82 Å². The molecule has 0 saturated carbocycles. The van der Waals surface area contributed by atoms with Crippen molar-refractivity contribution in [1.82, 2.24) is 19.5 Å². The van der Waals surface area contributed by atoms with Crippen LogP contribution in [0.4, 0.5) is 16.2 Å². The van der Waals surface area contributed by atoms with E-state index in [2.05, 4.69) is 10.3 Å². The molecular weight excluding hydrogens is 419 g/mol. The monoisotopic (exact) mass is 440 g/mol. The number of ether oxygens (including phenoxy) is 1. The quantitative estimate of drug-likeness (QED) is 0.393. The lowest BCUT2D eigenvalue weighted by atomic mass is 10.1. The smallest absolute Gasteiger partial charge is 0.239 e. The molecule has 3 N–H and O–H groups in total. The number of hydrogen-bond acceptors (Lipinski definition) is 6. The third-order valence-corrected chi connectivity index (χ3v) is 5.30. The molecule has 0 aliphatic rings. The topological polar surface area (TPSA) is 90.9 Å². The highest BCUT2D eigenvalue weighted by molar-refractivity contribution is 5.93. The minimum Gasteiger partial charge on any atom is -0.494 e. The van der Waals surface area contributed by atoms with E-state index in [9.17, 15) is 4.39 Å². The second-order valence-electron chi connectivity index (χ2n) is 7.40. The number of aromatic nitrogens is 4. The van der Waals surface area contributed by atoms with Crippen LogP contribution in [0.15, 0.2) is 79.0 Å². The lowest BCUT2D eigenvalue weighted by molar-refractivity contribution is 0.419. The summed E-state index contributed by atoms with van der Waals surface area (Å²) in [5.74, 6) is 1.30. The van der Waals surface area contributed by atoms with Gasteiger partial charge in [0.2, 0.25) is 11.9 Å². The van der Waals surface area contributed by atoms with Crippen molar-refractivity contribution in [3.8, 4) is 23.0 Å². The van der Waals surface area contributed by atoms with Gasteiger partial charge in [-0.15, -0.1) is 0 Å². The van der Waals surface area contributed by atoms with Gasteiger partial charge in [0.15, 0.2) is 0 Å². The van der Waals surface area contributed by atoms with Crippen molar-refractivity contribution in [1.29, 1.82) is 0 Å². The Bertz CT molecular complexity index is 1430. The Morgan fingerprint density at radius 2 is 1.73 bits per heavy atom. The number of imidazole rings is 1. The van der Waals surface area contributed by atoms with E-state index < -0.39 is 0 Å². The predicted molar refractivity (Wildman–Crippen MR) is 127 cm³/mol. The number of para-hydroxylation sites is 1. The number of nitrogens with zero attached hydrogens (tertiary/aromatic N) is 4. The van der Waals surface area contributed by atoms with Gasteiger partial charge >= 0.3 is 0 Å². The first kappa shape index (κ1) is 20.4. The first-order valence-electron chi connectivity index (χ1n) is 10.4. The summed E-state index contributed by atoms with van der Waals surface area (Å²) < 4.78 is 21.4. The SMILES string of the molecule is COc1cccc2c(NCc3ccccc3)nc(-n3cc(-c4ccccc4F)nc3N)nc12. The van der Waals surface area contributed by atoms with Crippen LogP contribution >= 0.6 is 0 Å². The number of rotatable bonds is 6. The van der Waals surface area contributed by atoms with Crippen LogP contribution in [0.3, 0.4) is 0 Å². The number of benzene rings is 3. The summed E-state index contributed by atoms with van der Waals surface area (Å²) in [6, 6.07) is 22.1. The normalized spacial score (nSPS) is 11.0. The summed E-state index contributed by atoms with van der Waals surface area (Å²) in [4.78, 5) is 13.8. The largest absolute Gasteiger partial charge is 0.494 e. The van der Waals surface area contributed by atoms with Crippen LogP contribution in [-0.2, 0) is 6.54 Å². The molecule has 0 fully saturated rings. The lowest BCUT2D eigenvalue weighted by Crippen LogP contribution is -2.09. The van der Waals surface area contributed by atoms with Gasteiger partial charge in [0.25, 0.3) is 0 Å². The van der Waals surface area contributed by atoms with Crippen molar-refractivity contribution in [3.05, 3.63) is 90.4 Å². The molecule has 0 aliphatic heterocycles. The number of methoxy groups -OCH3 is 1. The molecule has 5 rings (SSSR count). The van der Waals surface area contributed by atoms with E-state index in [1.165, 1.54) is 6.07 Å². The maximum absolute atomic E-state index is 14.3. The van der Waals surface area contributed by atoms with Gasteiger partial charge in [-0.3, -0.25) is 4.57 Å². The number of hydrogen-bond donors (Lipinski definition) is 2. The molecule has 7 nitrogen and oxygen atoms in total. The van der Waals surface area contributed by atoms with E-state index in [0.29, 0.717) is 40.8 Å². The van der Waals surface area contributed by atoms with Crippen molar-refractivity contribution >= 4 is 22.7 Å². The fourth-order valence-corrected chi connectivity index (χ4v) is 3.66. The molecule has 2 heterocycles. The summed E-state index contributed by atoms with van der Waals surface area (Å²) in [5, 5.41) is 4.20. The highest BCUT2D eigenvalue weighted by atomic mass is 19.1. The average molecular weight is 440 g/mol.